The quantitative estimate of drug-likeness (QED) is 0.649. The molecule has 1 aliphatic rings. The summed E-state index contributed by atoms with van der Waals surface area (Å²) in [6, 6.07) is 5.98. The Kier molecular flexibility index (Phi) is 4.68. The summed E-state index contributed by atoms with van der Waals surface area (Å²) in [5, 5.41) is 0. The Morgan fingerprint density at radius 1 is 1.23 bits per heavy atom. The number of pyridine rings is 1. The molecule has 2 aromatic heterocycles. The normalized spacial score (nSPS) is 15.4. The summed E-state index contributed by atoms with van der Waals surface area (Å²) >= 11 is 0. The van der Waals surface area contributed by atoms with Crippen LogP contribution in [0.3, 0.4) is 0 Å². The van der Waals surface area contributed by atoms with Gasteiger partial charge in [0.2, 0.25) is 10.0 Å². The number of hydrogen-bond donors (Lipinski definition) is 1. The van der Waals surface area contributed by atoms with Crippen LogP contribution in [0.1, 0.15) is 25.3 Å². The lowest BCUT2D eigenvalue weighted by Crippen LogP contribution is -2.18. The second-order valence-corrected chi connectivity index (χ2v) is 10.3. The molecule has 9 heteroatoms. The number of benzene rings is 1. The van der Waals surface area contributed by atoms with Gasteiger partial charge in [-0.05, 0) is 54.5 Å². The second-order valence-electron chi connectivity index (χ2n) is 8.59. The maximum atomic E-state index is 12.1. The Morgan fingerprint density at radius 2 is 1.93 bits per heavy atom. The number of fused-ring (bicyclic) bond motifs is 1. The van der Waals surface area contributed by atoms with Gasteiger partial charge in [-0.3, -0.25) is 14.1 Å². The molecule has 3 aromatic rings. The zero-order valence-corrected chi connectivity index (χ0v) is 18.6. The van der Waals surface area contributed by atoms with Gasteiger partial charge in [-0.15, -0.1) is 0 Å². The summed E-state index contributed by atoms with van der Waals surface area (Å²) in [6.07, 6.45) is 5.12. The second kappa shape index (κ2) is 6.87. The van der Waals surface area contributed by atoms with Gasteiger partial charge in [0.1, 0.15) is 5.52 Å². The molecule has 0 aliphatic heterocycles. The van der Waals surface area contributed by atoms with Crippen LogP contribution in [0.2, 0.25) is 0 Å². The molecule has 0 spiro atoms. The van der Waals surface area contributed by atoms with E-state index in [0.717, 1.165) is 42.3 Å². The third kappa shape index (κ3) is 3.81. The predicted molar refractivity (Wildman–Crippen MR) is 118 cm³/mol. The van der Waals surface area contributed by atoms with E-state index in [9.17, 15) is 13.2 Å². The number of rotatable bonds is 6. The Morgan fingerprint density at radius 3 is 2.50 bits per heavy atom. The fourth-order valence-electron chi connectivity index (χ4n) is 3.74. The zero-order valence-electron chi connectivity index (χ0n) is 17.8. The van der Waals surface area contributed by atoms with Crippen molar-refractivity contribution in [2.45, 2.75) is 33.2 Å². The number of aryl methyl sites for hydroxylation is 2. The maximum Gasteiger partial charge on any atom is 0.297 e. The zero-order chi connectivity index (χ0) is 21.8. The van der Waals surface area contributed by atoms with Crippen molar-refractivity contribution in [1.82, 2.24) is 14.1 Å². The molecule has 0 bridgehead atoms. The Labute approximate surface area is 175 Å². The maximum absolute atomic E-state index is 12.1. The number of aromatic nitrogens is 3. The van der Waals surface area contributed by atoms with Crippen LogP contribution < -0.4 is 15.0 Å². The van der Waals surface area contributed by atoms with E-state index in [2.05, 4.69) is 16.6 Å². The number of ether oxygens (including phenoxy) is 1. The van der Waals surface area contributed by atoms with E-state index in [1.807, 2.05) is 16.7 Å². The van der Waals surface area contributed by atoms with Gasteiger partial charge in [-0.25, -0.2) is 8.42 Å². The van der Waals surface area contributed by atoms with Crippen molar-refractivity contribution in [3.8, 4) is 17.1 Å². The van der Waals surface area contributed by atoms with Gasteiger partial charge < -0.3 is 9.30 Å². The molecule has 4 rings (SSSR count). The summed E-state index contributed by atoms with van der Waals surface area (Å²) in [6.45, 7) is 4.72. The SMILES string of the molecule is COc1nc2c(NS(C)(=O)=O)cc(-c3cc(C)c(=O)n(C)c3)cc2n1CC1(C)CC1. The molecule has 0 saturated heterocycles. The van der Waals surface area contributed by atoms with Crippen molar-refractivity contribution >= 4 is 26.7 Å². The average molecular weight is 431 g/mol. The molecule has 1 aromatic carbocycles. The van der Waals surface area contributed by atoms with Gasteiger partial charge in [0.15, 0.2) is 0 Å². The van der Waals surface area contributed by atoms with Crippen LogP contribution in [0.4, 0.5) is 5.69 Å². The smallest absolute Gasteiger partial charge is 0.297 e. The van der Waals surface area contributed by atoms with Gasteiger partial charge in [-0.1, -0.05) is 6.92 Å². The summed E-state index contributed by atoms with van der Waals surface area (Å²) in [5.41, 5.74) is 4.05. The lowest BCUT2D eigenvalue weighted by molar-refractivity contribution is 0.339. The van der Waals surface area contributed by atoms with Gasteiger partial charge in [0.05, 0.1) is 24.6 Å². The van der Waals surface area contributed by atoms with Crippen molar-refractivity contribution in [3.05, 3.63) is 40.3 Å². The molecule has 160 valence electrons. The minimum atomic E-state index is -3.52. The third-order valence-corrected chi connectivity index (χ3v) is 6.23. The third-order valence-electron chi connectivity index (χ3n) is 5.64. The van der Waals surface area contributed by atoms with Gasteiger partial charge in [0.25, 0.3) is 11.6 Å². The van der Waals surface area contributed by atoms with Crippen LogP contribution in [0.5, 0.6) is 6.01 Å². The summed E-state index contributed by atoms with van der Waals surface area (Å²) in [5.74, 6) is 0. The first kappa shape index (κ1) is 20.5. The lowest BCUT2D eigenvalue weighted by Gasteiger charge is -2.14. The first-order valence-electron chi connectivity index (χ1n) is 9.73. The number of hydrogen-bond acceptors (Lipinski definition) is 5. The van der Waals surface area contributed by atoms with Gasteiger partial charge in [-0.2, -0.15) is 4.98 Å². The molecular weight excluding hydrogens is 404 g/mol. The van der Waals surface area contributed by atoms with Crippen molar-refractivity contribution < 1.29 is 13.2 Å². The number of methoxy groups -OCH3 is 1. The highest BCUT2D eigenvalue weighted by atomic mass is 32.2. The van der Waals surface area contributed by atoms with Crippen molar-refractivity contribution in [2.24, 2.45) is 12.5 Å². The molecule has 30 heavy (non-hydrogen) atoms. The molecule has 0 amide bonds. The highest BCUT2D eigenvalue weighted by Crippen LogP contribution is 2.48. The molecule has 0 radical (unpaired) electrons. The molecule has 2 heterocycles. The monoisotopic (exact) mass is 430 g/mol. The average Bonchev–Trinajstić information content (AvgIpc) is 3.27. The van der Waals surface area contributed by atoms with E-state index in [4.69, 9.17) is 4.74 Å². The first-order valence-corrected chi connectivity index (χ1v) is 11.6. The molecular formula is C21H26N4O4S. The van der Waals surface area contributed by atoms with E-state index in [0.29, 0.717) is 22.8 Å². The van der Waals surface area contributed by atoms with Gasteiger partial charge >= 0.3 is 0 Å². The Balaban J connectivity index is 1.99. The predicted octanol–water partition coefficient (Wildman–Crippen LogP) is 2.89. The lowest BCUT2D eigenvalue weighted by atomic mass is 10.0. The molecule has 1 fully saturated rings. The first-order chi connectivity index (χ1) is 14.0. The standard InChI is InChI=1S/C21H26N4O4S/c1-13-8-15(11-24(3)19(13)26)14-9-16(23-30(5,27)28)18-17(10-14)25(20(22-18)29-4)12-21(2)6-7-21/h8-11,23H,6-7,12H2,1-5H3. The highest BCUT2D eigenvalue weighted by molar-refractivity contribution is 7.92. The summed E-state index contributed by atoms with van der Waals surface area (Å²) < 4.78 is 35.7. The summed E-state index contributed by atoms with van der Waals surface area (Å²) in [4.78, 5) is 16.7. The van der Waals surface area contributed by atoms with Crippen LogP contribution in [0.15, 0.2) is 29.2 Å². The van der Waals surface area contributed by atoms with Crippen molar-refractivity contribution in [3.63, 3.8) is 0 Å². The Bertz CT molecular complexity index is 1290. The largest absolute Gasteiger partial charge is 0.468 e. The van der Waals surface area contributed by atoms with Crippen LogP contribution in [-0.4, -0.2) is 35.9 Å². The minimum absolute atomic E-state index is 0.0670. The van der Waals surface area contributed by atoms with Crippen LogP contribution in [0.25, 0.3) is 22.2 Å². The van der Waals surface area contributed by atoms with E-state index >= 15 is 0 Å². The summed E-state index contributed by atoms with van der Waals surface area (Å²) in [7, 11) is -0.253. The topological polar surface area (TPSA) is 95.2 Å². The van der Waals surface area contributed by atoms with Gasteiger partial charge in [0, 0.05) is 25.4 Å². The van der Waals surface area contributed by atoms with E-state index in [1.54, 1.807) is 33.3 Å². The fourth-order valence-corrected chi connectivity index (χ4v) is 4.30. The molecule has 1 aliphatic carbocycles. The fraction of sp³-hybridized carbons (Fsp3) is 0.429. The molecule has 0 atom stereocenters. The number of anilines is 1. The molecule has 1 N–H and O–H groups in total. The van der Waals surface area contributed by atoms with E-state index in [1.165, 1.54) is 4.57 Å². The number of imidazole rings is 1. The number of sulfonamides is 1. The van der Waals surface area contributed by atoms with Crippen LogP contribution in [0, 0.1) is 12.3 Å². The van der Waals surface area contributed by atoms with Crippen molar-refractivity contribution in [2.75, 3.05) is 18.1 Å². The van der Waals surface area contributed by atoms with E-state index < -0.39 is 10.0 Å². The molecule has 8 nitrogen and oxygen atoms in total. The van der Waals surface area contributed by atoms with E-state index in [-0.39, 0.29) is 11.0 Å². The minimum Gasteiger partial charge on any atom is -0.468 e. The van der Waals surface area contributed by atoms with Crippen LogP contribution in [-0.2, 0) is 23.6 Å². The molecule has 1 saturated carbocycles. The van der Waals surface area contributed by atoms with Crippen molar-refractivity contribution in [1.29, 1.82) is 0 Å². The molecule has 0 unspecified atom stereocenters. The highest BCUT2D eigenvalue weighted by Gasteiger charge is 2.38. The number of nitrogens with one attached hydrogen (secondary N) is 1. The Hall–Kier alpha value is -2.81. The number of nitrogens with zero attached hydrogens (tertiary/aromatic N) is 3. The van der Waals surface area contributed by atoms with Crippen LogP contribution >= 0.6 is 0 Å².